The molecule has 1 aliphatic heterocycles. The number of ketones is 1. The fourth-order valence-corrected chi connectivity index (χ4v) is 3.68. The Hall–Kier alpha value is -2.93. The molecule has 0 radical (unpaired) electrons. The molecule has 0 saturated carbocycles. The third kappa shape index (κ3) is 3.57. The first-order valence-corrected chi connectivity index (χ1v) is 9.33. The van der Waals surface area contributed by atoms with E-state index in [2.05, 4.69) is 10.2 Å². The number of aromatic amines is 1. The van der Waals surface area contributed by atoms with E-state index in [-0.39, 0.29) is 11.3 Å². The Morgan fingerprint density at radius 1 is 1.21 bits per heavy atom. The average Bonchev–Trinajstić information content (AvgIpc) is 3.12. The van der Waals surface area contributed by atoms with Crippen LogP contribution < -0.4 is 0 Å². The van der Waals surface area contributed by atoms with Crippen molar-refractivity contribution in [3.63, 3.8) is 0 Å². The highest BCUT2D eigenvalue weighted by atomic mass is 16.3. The number of H-pyrrole nitrogens is 1. The molecule has 1 atom stereocenters. The number of carbonyl (C=O) groups is 2. The fourth-order valence-electron chi connectivity index (χ4n) is 3.68. The number of nitrogens with zero attached hydrogens (tertiary/aromatic N) is 3. The maximum atomic E-state index is 12.9. The quantitative estimate of drug-likeness (QED) is 0.455. The van der Waals surface area contributed by atoms with Crippen LogP contribution in [-0.2, 0) is 9.59 Å². The predicted octanol–water partition coefficient (Wildman–Crippen LogP) is 2.40. The van der Waals surface area contributed by atoms with Gasteiger partial charge in [-0.1, -0.05) is 30.3 Å². The summed E-state index contributed by atoms with van der Waals surface area (Å²) in [5.41, 5.74) is 2.63. The lowest BCUT2D eigenvalue weighted by Crippen LogP contribution is -2.32. The Bertz CT molecular complexity index is 895. The third-order valence-corrected chi connectivity index (χ3v) is 5.02. The van der Waals surface area contributed by atoms with Gasteiger partial charge in [-0.25, -0.2) is 0 Å². The van der Waals surface area contributed by atoms with Crippen molar-refractivity contribution >= 4 is 17.4 Å². The number of hydrogen-bond donors (Lipinski definition) is 2. The third-order valence-electron chi connectivity index (χ3n) is 5.02. The molecule has 7 heteroatoms. The molecule has 2 aromatic rings. The zero-order valence-electron chi connectivity index (χ0n) is 16.7. The Morgan fingerprint density at radius 3 is 2.46 bits per heavy atom. The number of aliphatic hydroxyl groups excluding tert-OH is 1. The molecule has 1 unspecified atom stereocenters. The number of likely N-dealkylation sites (tertiary alicyclic amines) is 1. The van der Waals surface area contributed by atoms with Crippen molar-refractivity contribution in [1.82, 2.24) is 20.0 Å². The first kappa shape index (κ1) is 19.8. The van der Waals surface area contributed by atoms with E-state index in [1.165, 1.54) is 0 Å². The van der Waals surface area contributed by atoms with Crippen LogP contribution in [0, 0.1) is 13.8 Å². The molecule has 1 fully saturated rings. The number of aromatic nitrogens is 2. The molecule has 1 aromatic heterocycles. The number of benzene rings is 1. The molecule has 0 aliphatic carbocycles. The van der Waals surface area contributed by atoms with Gasteiger partial charge in [0.25, 0.3) is 11.7 Å². The lowest BCUT2D eigenvalue weighted by atomic mass is 9.94. The van der Waals surface area contributed by atoms with Gasteiger partial charge < -0.3 is 14.9 Å². The van der Waals surface area contributed by atoms with Gasteiger partial charge in [0.05, 0.1) is 22.9 Å². The molecule has 2 heterocycles. The summed E-state index contributed by atoms with van der Waals surface area (Å²) < 4.78 is 0. The summed E-state index contributed by atoms with van der Waals surface area (Å²) in [5.74, 6) is -1.41. The van der Waals surface area contributed by atoms with Gasteiger partial charge in [-0.2, -0.15) is 5.10 Å². The van der Waals surface area contributed by atoms with Crippen LogP contribution in [0.15, 0.2) is 35.9 Å². The number of carbonyl (C=O) groups excluding carboxylic acids is 2. The molecule has 1 aromatic carbocycles. The van der Waals surface area contributed by atoms with Crippen LogP contribution >= 0.6 is 0 Å². The molecule has 1 aliphatic rings. The smallest absolute Gasteiger partial charge is 0.295 e. The molecule has 0 spiro atoms. The van der Waals surface area contributed by atoms with E-state index in [0.29, 0.717) is 23.5 Å². The van der Waals surface area contributed by atoms with Gasteiger partial charge in [-0.15, -0.1) is 0 Å². The minimum atomic E-state index is -0.656. The molecule has 1 saturated heterocycles. The van der Waals surface area contributed by atoms with Gasteiger partial charge >= 0.3 is 0 Å². The second kappa shape index (κ2) is 7.98. The second-order valence-corrected chi connectivity index (χ2v) is 7.37. The van der Waals surface area contributed by atoms with E-state index in [4.69, 9.17) is 0 Å². The van der Waals surface area contributed by atoms with E-state index < -0.39 is 17.7 Å². The number of Topliss-reactive ketones (excluding diaryl/α,β-unsaturated/α-hetero) is 1. The van der Waals surface area contributed by atoms with Gasteiger partial charge in [0, 0.05) is 12.2 Å². The topological polar surface area (TPSA) is 89.5 Å². The summed E-state index contributed by atoms with van der Waals surface area (Å²) in [5, 5.41) is 18.0. The first-order valence-electron chi connectivity index (χ1n) is 9.33. The molecular formula is C21H26N4O3. The van der Waals surface area contributed by atoms with Crippen LogP contribution in [0.25, 0.3) is 5.76 Å². The summed E-state index contributed by atoms with van der Waals surface area (Å²) in [6.45, 7) is 4.76. The van der Waals surface area contributed by atoms with Crippen LogP contribution in [0.5, 0.6) is 0 Å². The molecule has 0 bridgehead atoms. The van der Waals surface area contributed by atoms with E-state index in [9.17, 15) is 14.7 Å². The SMILES string of the molecule is Cc1n[nH]c(C)c1C(O)=C1C(=O)C(=O)N(CCCN(C)C)C1c1ccccc1. The normalized spacial score (nSPS) is 19.0. The monoisotopic (exact) mass is 382 g/mol. The number of hydrogen-bond acceptors (Lipinski definition) is 5. The zero-order chi connectivity index (χ0) is 20.4. The lowest BCUT2D eigenvalue weighted by Gasteiger charge is -2.26. The first-order chi connectivity index (χ1) is 13.3. The van der Waals surface area contributed by atoms with Crippen molar-refractivity contribution in [2.24, 2.45) is 0 Å². The van der Waals surface area contributed by atoms with Gasteiger partial charge in [0.15, 0.2) is 0 Å². The summed E-state index contributed by atoms with van der Waals surface area (Å²) in [7, 11) is 3.93. The van der Waals surface area contributed by atoms with Crippen LogP contribution in [0.1, 0.15) is 35.0 Å². The van der Waals surface area contributed by atoms with E-state index >= 15 is 0 Å². The highest BCUT2D eigenvalue weighted by Gasteiger charge is 2.46. The molecule has 1 amide bonds. The average molecular weight is 382 g/mol. The number of rotatable bonds is 6. The lowest BCUT2D eigenvalue weighted by molar-refractivity contribution is -0.139. The minimum Gasteiger partial charge on any atom is -0.507 e. The number of aryl methyl sites for hydroxylation is 2. The van der Waals surface area contributed by atoms with Crippen molar-refractivity contribution in [2.45, 2.75) is 26.3 Å². The van der Waals surface area contributed by atoms with Gasteiger partial charge in [-0.3, -0.25) is 14.7 Å². The van der Waals surface area contributed by atoms with Crippen molar-refractivity contribution in [3.05, 3.63) is 58.4 Å². The van der Waals surface area contributed by atoms with Crippen molar-refractivity contribution in [1.29, 1.82) is 0 Å². The van der Waals surface area contributed by atoms with Crippen LogP contribution in [-0.4, -0.2) is 64.0 Å². The summed E-state index contributed by atoms with van der Waals surface area (Å²) in [6, 6.07) is 8.74. The van der Waals surface area contributed by atoms with E-state index in [1.54, 1.807) is 18.7 Å². The summed E-state index contributed by atoms with van der Waals surface area (Å²) in [4.78, 5) is 29.3. The number of amides is 1. The molecule has 2 N–H and O–H groups in total. The largest absolute Gasteiger partial charge is 0.507 e. The molecular weight excluding hydrogens is 356 g/mol. The second-order valence-electron chi connectivity index (χ2n) is 7.37. The van der Waals surface area contributed by atoms with Crippen LogP contribution in [0.3, 0.4) is 0 Å². The van der Waals surface area contributed by atoms with E-state index in [1.807, 2.05) is 49.3 Å². The van der Waals surface area contributed by atoms with Crippen LogP contribution in [0.2, 0.25) is 0 Å². The standard InChI is InChI=1S/C21H26N4O3/c1-13-16(14(2)23-22-13)19(26)17-18(15-9-6-5-7-10-15)25(21(28)20(17)27)12-8-11-24(3)4/h5-7,9-10,18,26H,8,11-12H2,1-4H3,(H,22,23). The Balaban J connectivity index is 2.10. The van der Waals surface area contributed by atoms with Gasteiger partial charge in [0.2, 0.25) is 0 Å². The van der Waals surface area contributed by atoms with E-state index in [0.717, 1.165) is 18.5 Å². The maximum absolute atomic E-state index is 12.9. The summed E-state index contributed by atoms with van der Waals surface area (Å²) >= 11 is 0. The summed E-state index contributed by atoms with van der Waals surface area (Å²) in [6.07, 6.45) is 0.729. The van der Waals surface area contributed by atoms with Crippen LogP contribution in [0.4, 0.5) is 0 Å². The minimum absolute atomic E-state index is 0.119. The fraction of sp³-hybridized carbons (Fsp3) is 0.381. The highest BCUT2D eigenvalue weighted by molar-refractivity contribution is 6.46. The van der Waals surface area contributed by atoms with Gasteiger partial charge in [-0.05, 0) is 46.5 Å². The maximum Gasteiger partial charge on any atom is 0.295 e. The Morgan fingerprint density at radius 2 is 1.89 bits per heavy atom. The Labute approximate surface area is 164 Å². The van der Waals surface area contributed by atoms with Gasteiger partial charge in [0.1, 0.15) is 5.76 Å². The van der Waals surface area contributed by atoms with Crippen molar-refractivity contribution in [3.8, 4) is 0 Å². The molecule has 3 rings (SSSR count). The van der Waals surface area contributed by atoms with Crippen molar-refractivity contribution < 1.29 is 14.7 Å². The van der Waals surface area contributed by atoms with Crippen molar-refractivity contribution in [2.75, 3.05) is 27.2 Å². The molecule has 148 valence electrons. The highest BCUT2D eigenvalue weighted by Crippen LogP contribution is 2.40. The number of aliphatic hydroxyl groups is 1. The number of nitrogens with one attached hydrogen (secondary N) is 1. The molecule has 28 heavy (non-hydrogen) atoms. The Kier molecular flexibility index (Phi) is 5.65. The zero-order valence-corrected chi connectivity index (χ0v) is 16.7. The predicted molar refractivity (Wildman–Crippen MR) is 107 cm³/mol. The molecule has 7 nitrogen and oxygen atoms in total.